The highest BCUT2D eigenvalue weighted by Gasteiger charge is 2.66. The summed E-state index contributed by atoms with van der Waals surface area (Å²) in [5.74, 6) is 0. The van der Waals surface area contributed by atoms with Crippen LogP contribution in [-0.2, 0) is 12.6 Å². The van der Waals surface area contributed by atoms with E-state index >= 15 is 0 Å². The maximum atomic E-state index is 13.9. The maximum absolute atomic E-state index is 13.9. The molecule has 0 unspecified atom stereocenters. The summed E-state index contributed by atoms with van der Waals surface area (Å²) in [6.07, 6.45) is 0.0368. The van der Waals surface area contributed by atoms with Crippen LogP contribution in [-0.4, -0.2) is 42.5 Å². The normalized spacial score (nSPS) is 15.4. The standard InChI is InChI=1S/C30H29ClF3N9/c1-28(2,3)16-37-24-18(12-35)13-36-25-21(24)10-19(11-22(25)31)39-26(20-7-5-6-17-14-38-42(4)27(17)20)23-15-43(41-40-23)29(8-9-29)30(32,33)34/h5-7,10-11,13-15,26,39H,8-9,16H2,1-4H3,(H,36,37)/t26-/m0/s1. The molecule has 0 aliphatic heterocycles. The highest BCUT2D eigenvalue weighted by atomic mass is 35.5. The van der Waals surface area contributed by atoms with E-state index < -0.39 is 17.8 Å². The van der Waals surface area contributed by atoms with Crippen molar-refractivity contribution in [2.45, 2.75) is 51.4 Å². The van der Waals surface area contributed by atoms with E-state index in [9.17, 15) is 18.4 Å². The van der Waals surface area contributed by atoms with E-state index in [0.717, 1.165) is 21.1 Å². The van der Waals surface area contributed by atoms with Gasteiger partial charge in [-0.15, -0.1) is 5.10 Å². The average Bonchev–Trinajstić information content (AvgIpc) is 3.49. The van der Waals surface area contributed by atoms with Crippen LogP contribution in [0.15, 0.2) is 48.9 Å². The summed E-state index contributed by atoms with van der Waals surface area (Å²) < 4.78 is 44.5. The summed E-state index contributed by atoms with van der Waals surface area (Å²) in [5.41, 5.74) is 1.76. The van der Waals surface area contributed by atoms with Crippen LogP contribution < -0.4 is 10.6 Å². The molecule has 3 aromatic heterocycles. The molecule has 3 heterocycles. The molecule has 9 nitrogen and oxygen atoms in total. The van der Waals surface area contributed by atoms with Crippen molar-refractivity contribution in [2.24, 2.45) is 12.5 Å². The van der Waals surface area contributed by atoms with Crippen LogP contribution in [0.4, 0.5) is 24.5 Å². The number of nitrogens with one attached hydrogen (secondary N) is 2. The summed E-state index contributed by atoms with van der Waals surface area (Å²) in [5, 5.41) is 31.1. The monoisotopic (exact) mass is 607 g/mol. The number of rotatable bonds is 7. The minimum atomic E-state index is -4.45. The highest BCUT2D eigenvalue weighted by Crippen LogP contribution is 2.55. The molecule has 2 aromatic carbocycles. The second-order valence-electron chi connectivity index (χ2n) is 12.2. The fourth-order valence-electron chi connectivity index (χ4n) is 5.33. The summed E-state index contributed by atoms with van der Waals surface area (Å²) in [6, 6.07) is 10.7. The van der Waals surface area contributed by atoms with E-state index in [0.29, 0.717) is 45.1 Å². The fourth-order valence-corrected chi connectivity index (χ4v) is 5.59. The van der Waals surface area contributed by atoms with Crippen molar-refractivity contribution in [1.82, 2.24) is 29.8 Å². The Hall–Kier alpha value is -4.37. The quantitative estimate of drug-likeness (QED) is 0.206. The van der Waals surface area contributed by atoms with Crippen LogP contribution in [0.2, 0.25) is 5.02 Å². The third-order valence-electron chi connectivity index (χ3n) is 7.75. The van der Waals surface area contributed by atoms with Crippen molar-refractivity contribution in [2.75, 3.05) is 17.2 Å². The second-order valence-corrected chi connectivity index (χ2v) is 12.6. The Morgan fingerprint density at radius 3 is 2.60 bits per heavy atom. The fraction of sp³-hybridized carbons (Fsp3) is 0.367. The van der Waals surface area contributed by atoms with E-state index in [2.05, 4.69) is 57.9 Å². The van der Waals surface area contributed by atoms with Gasteiger partial charge in [-0.3, -0.25) is 9.67 Å². The van der Waals surface area contributed by atoms with Crippen LogP contribution in [0.25, 0.3) is 21.8 Å². The molecule has 6 rings (SSSR count). The van der Waals surface area contributed by atoms with Gasteiger partial charge in [0.15, 0.2) is 5.54 Å². The molecule has 5 aromatic rings. The minimum absolute atomic E-state index is 0.0481. The molecule has 0 bridgehead atoms. The van der Waals surface area contributed by atoms with Crippen molar-refractivity contribution >= 4 is 44.8 Å². The summed E-state index contributed by atoms with van der Waals surface area (Å²) >= 11 is 6.74. The minimum Gasteiger partial charge on any atom is -0.383 e. The number of benzene rings is 2. The molecule has 1 fully saturated rings. The Kier molecular flexibility index (Phi) is 6.76. The first-order valence-electron chi connectivity index (χ1n) is 13.7. The van der Waals surface area contributed by atoms with Crippen molar-refractivity contribution in [3.05, 3.63) is 70.8 Å². The van der Waals surface area contributed by atoms with Gasteiger partial charge in [0.2, 0.25) is 0 Å². The number of aromatic nitrogens is 6. The van der Waals surface area contributed by atoms with Gasteiger partial charge in [0.1, 0.15) is 11.8 Å². The third-order valence-corrected chi connectivity index (χ3v) is 8.04. The molecule has 43 heavy (non-hydrogen) atoms. The molecule has 0 radical (unpaired) electrons. The van der Waals surface area contributed by atoms with Gasteiger partial charge in [-0.25, -0.2) is 4.68 Å². The molecule has 13 heteroatoms. The lowest BCUT2D eigenvalue weighted by atomic mass is 9.96. The maximum Gasteiger partial charge on any atom is 0.413 e. The van der Waals surface area contributed by atoms with E-state index in [4.69, 9.17) is 11.6 Å². The smallest absolute Gasteiger partial charge is 0.383 e. The van der Waals surface area contributed by atoms with Gasteiger partial charge in [0, 0.05) is 41.8 Å². The SMILES string of the molecule is Cn1ncc2cccc([C@H](Nc3cc(Cl)c4ncc(C#N)c(NCC(C)(C)C)c4c3)c3cn(C4(C(F)(F)F)CC4)nn3)c21. The Balaban J connectivity index is 1.49. The van der Waals surface area contributed by atoms with E-state index in [1.165, 1.54) is 12.4 Å². The van der Waals surface area contributed by atoms with Crippen molar-refractivity contribution in [3.8, 4) is 6.07 Å². The van der Waals surface area contributed by atoms with Gasteiger partial charge in [-0.1, -0.05) is 55.8 Å². The zero-order valence-electron chi connectivity index (χ0n) is 24.0. The number of anilines is 2. The molecular weight excluding hydrogens is 579 g/mol. The van der Waals surface area contributed by atoms with Crippen molar-refractivity contribution in [1.29, 1.82) is 5.26 Å². The van der Waals surface area contributed by atoms with Crippen LogP contribution in [0.3, 0.4) is 0 Å². The zero-order valence-corrected chi connectivity index (χ0v) is 24.7. The first-order valence-corrected chi connectivity index (χ1v) is 14.1. The van der Waals surface area contributed by atoms with Crippen LogP contribution in [0, 0.1) is 16.7 Å². The molecule has 1 saturated carbocycles. The predicted molar refractivity (Wildman–Crippen MR) is 159 cm³/mol. The Bertz CT molecular complexity index is 1890. The topological polar surface area (TPSA) is 109 Å². The number of hydrogen-bond donors (Lipinski definition) is 2. The molecule has 1 aliphatic carbocycles. The summed E-state index contributed by atoms with van der Waals surface area (Å²) in [6.45, 7) is 6.83. The molecular formula is C30H29ClF3N9. The van der Waals surface area contributed by atoms with Gasteiger partial charge in [-0.2, -0.15) is 23.5 Å². The summed E-state index contributed by atoms with van der Waals surface area (Å²) in [4.78, 5) is 4.43. The number of alkyl halides is 3. The number of fused-ring (bicyclic) bond motifs is 2. The zero-order chi connectivity index (χ0) is 30.7. The lowest BCUT2D eigenvalue weighted by Gasteiger charge is -2.23. The van der Waals surface area contributed by atoms with E-state index in [-0.39, 0.29) is 18.3 Å². The molecule has 1 atom stereocenters. The second kappa shape index (κ2) is 10.1. The van der Waals surface area contributed by atoms with Gasteiger partial charge < -0.3 is 10.6 Å². The summed E-state index contributed by atoms with van der Waals surface area (Å²) in [7, 11) is 1.80. The Morgan fingerprint density at radius 2 is 1.93 bits per heavy atom. The lowest BCUT2D eigenvalue weighted by Crippen LogP contribution is -2.35. The molecule has 0 saturated heterocycles. The predicted octanol–water partition coefficient (Wildman–Crippen LogP) is 6.95. The lowest BCUT2D eigenvalue weighted by molar-refractivity contribution is -0.182. The molecule has 0 amide bonds. The molecule has 1 aliphatic rings. The molecule has 222 valence electrons. The number of halogens is 4. The average molecular weight is 608 g/mol. The third kappa shape index (κ3) is 5.12. The van der Waals surface area contributed by atoms with E-state index in [1.807, 2.05) is 24.3 Å². The first-order chi connectivity index (χ1) is 20.3. The van der Waals surface area contributed by atoms with Gasteiger partial charge in [-0.05, 0) is 30.4 Å². The number of para-hydroxylation sites is 1. The van der Waals surface area contributed by atoms with Gasteiger partial charge in [0.05, 0.1) is 45.7 Å². The van der Waals surface area contributed by atoms with Gasteiger partial charge in [0.25, 0.3) is 0 Å². The van der Waals surface area contributed by atoms with Crippen molar-refractivity contribution < 1.29 is 13.2 Å². The highest BCUT2D eigenvalue weighted by molar-refractivity contribution is 6.35. The van der Waals surface area contributed by atoms with Gasteiger partial charge >= 0.3 is 6.18 Å². The number of hydrogen-bond acceptors (Lipinski definition) is 7. The molecule has 2 N–H and O–H groups in total. The van der Waals surface area contributed by atoms with Crippen LogP contribution in [0.1, 0.15) is 56.5 Å². The first kappa shape index (κ1) is 28.7. The van der Waals surface area contributed by atoms with E-state index in [1.54, 1.807) is 24.0 Å². The largest absolute Gasteiger partial charge is 0.413 e. The number of nitrogens with zero attached hydrogens (tertiary/aromatic N) is 7. The van der Waals surface area contributed by atoms with Crippen molar-refractivity contribution in [3.63, 3.8) is 0 Å². The van der Waals surface area contributed by atoms with Crippen LogP contribution >= 0.6 is 11.6 Å². The number of pyridine rings is 1. The Labute approximate surface area is 250 Å². The molecule has 0 spiro atoms. The van der Waals surface area contributed by atoms with Crippen LogP contribution in [0.5, 0.6) is 0 Å². The number of nitriles is 1. The number of aryl methyl sites for hydroxylation is 1. The Morgan fingerprint density at radius 1 is 1.16 bits per heavy atom.